The van der Waals surface area contributed by atoms with Gasteiger partial charge in [0.25, 0.3) is 5.69 Å². The lowest BCUT2D eigenvalue weighted by Crippen LogP contribution is -1.89. The normalized spacial score (nSPS) is 11.2. The first kappa shape index (κ1) is 11.6. The van der Waals surface area contributed by atoms with Crippen LogP contribution in [0.5, 0.6) is 0 Å². The van der Waals surface area contributed by atoms with Crippen LogP contribution in [0.15, 0.2) is 28.7 Å². The van der Waals surface area contributed by atoms with Crippen LogP contribution in [0.1, 0.15) is 26.0 Å². The van der Waals surface area contributed by atoms with E-state index in [0.717, 1.165) is 24.0 Å². The Labute approximate surface area is 99.4 Å². The molecule has 1 aromatic carbocycles. The third-order valence-corrected chi connectivity index (χ3v) is 2.73. The highest BCUT2D eigenvalue weighted by atomic mass is 16.6. The van der Waals surface area contributed by atoms with Crippen LogP contribution in [0.4, 0.5) is 5.69 Å². The smallest absolute Gasteiger partial charge is 0.270 e. The van der Waals surface area contributed by atoms with E-state index in [1.54, 1.807) is 12.1 Å². The molecule has 0 fully saturated rings. The summed E-state index contributed by atoms with van der Waals surface area (Å²) in [5, 5.41) is 11.4. The number of nitrogens with zero attached hydrogens (tertiary/aromatic N) is 1. The average Bonchev–Trinajstić information content (AvgIpc) is 2.67. The van der Waals surface area contributed by atoms with Gasteiger partial charge >= 0.3 is 0 Å². The highest BCUT2D eigenvalue weighted by Gasteiger charge is 2.10. The Morgan fingerprint density at radius 3 is 2.76 bits per heavy atom. The van der Waals surface area contributed by atoms with Crippen molar-refractivity contribution in [2.45, 2.75) is 26.7 Å². The molecule has 2 rings (SSSR count). The molecule has 2 aromatic rings. The molecule has 0 radical (unpaired) electrons. The van der Waals surface area contributed by atoms with Crippen molar-refractivity contribution in [1.29, 1.82) is 0 Å². The number of aryl methyl sites for hydroxylation is 1. The fourth-order valence-corrected chi connectivity index (χ4v) is 1.75. The summed E-state index contributed by atoms with van der Waals surface area (Å²) in [4.78, 5) is 10.3. The zero-order valence-electron chi connectivity index (χ0n) is 9.97. The molecular weight excluding hydrogens is 218 g/mol. The zero-order valence-corrected chi connectivity index (χ0v) is 9.97. The van der Waals surface area contributed by atoms with Gasteiger partial charge in [-0.25, -0.2) is 0 Å². The highest BCUT2D eigenvalue weighted by molar-refractivity contribution is 5.80. The largest absolute Gasteiger partial charge is 0.461 e. The maximum atomic E-state index is 10.6. The Morgan fingerprint density at radius 2 is 2.12 bits per heavy atom. The molecule has 0 N–H and O–H groups in total. The number of nitro groups is 1. The third-order valence-electron chi connectivity index (χ3n) is 2.73. The summed E-state index contributed by atoms with van der Waals surface area (Å²) in [6, 6.07) is 6.58. The van der Waals surface area contributed by atoms with Gasteiger partial charge < -0.3 is 4.42 Å². The predicted octanol–water partition coefficient (Wildman–Crippen LogP) is 3.93. The summed E-state index contributed by atoms with van der Waals surface area (Å²) in [5.74, 6) is 1.52. The zero-order chi connectivity index (χ0) is 12.4. The highest BCUT2D eigenvalue weighted by Crippen LogP contribution is 2.25. The van der Waals surface area contributed by atoms with Crippen molar-refractivity contribution in [3.63, 3.8) is 0 Å². The van der Waals surface area contributed by atoms with Crippen LogP contribution in [0.25, 0.3) is 11.0 Å². The van der Waals surface area contributed by atoms with Crippen molar-refractivity contribution in [2.24, 2.45) is 5.92 Å². The molecule has 0 saturated heterocycles. The number of rotatable bonds is 4. The van der Waals surface area contributed by atoms with E-state index in [4.69, 9.17) is 4.42 Å². The number of furan rings is 1. The van der Waals surface area contributed by atoms with Gasteiger partial charge in [0.1, 0.15) is 11.3 Å². The second-order valence-electron chi connectivity index (χ2n) is 4.62. The summed E-state index contributed by atoms with van der Waals surface area (Å²) >= 11 is 0. The van der Waals surface area contributed by atoms with Gasteiger partial charge in [0.2, 0.25) is 0 Å². The fraction of sp³-hybridized carbons (Fsp3) is 0.385. The Morgan fingerprint density at radius 1 is 1.35 bits per heavy atom. The van der Waals surface area contributed by atoms with Gasteiger partial charge in [-0.1, -0.05) is 13.8 Å². The standard InChI is InChI=1S/C13H15NO3/c1-9(2)3-5-12-8-10-7-11(14(15)16)4-6-13(10)17-12/h4,6-9H,3,5H2,1-2H3. The Balaban J connectivity index is 2.27. The summed E-state index contributed by atoms with van der Waals surface area (Å²) in [6.07, 6.45) is 1.93. The summed E-state index contributed by atoms with van der Waals surface area (Å²) in [5.41, 5.74) is 0.822. The first-order valence-corrected chi connectivity index (χ1v) is 5.73. The minimum absolute atomic E-state index is 0.105. The molecule has 1 aromatic heterocycles. The molecular formula is C13H15NO3. The number of hydrogen-bond acceptors (Lipinski definition) is 3. The Hall–Kier alpha value is -1.84. The molecule has 0 aliphatic rings. The van der Waals surface area contributed by atoms with Crippen molar-refractivity contribution >= 4 is 16.7 Å². The van der Waals surface area contributed by atoms with Gasteiger partial charge in [0.05, 0.1) is 4.92 Å². The van der Waals surface area contributed by atoms with E-state index in [2.05, 4.69) is 13.8 Å². The van der Waals surface area contributed by atoms with E-state index in [1.165, 1.54) is 6.07 Å². The topological polar surface area (TPSA) is 56.3 Å². The molecule has 1 heterocycles. The molecule has 0 spiro atoms. The molecule has 0 aliphatic carbocycles. The molecule has 4 heteroatoms. The van der Waals surface area contributed by atoms with Crippen molar-refractivity contribution in [3.05, 3.63) is 40.1 Å². The minimum atomic E-state index is -0.389. The SMILES string of the molecule is CC(C)CCc1cc2cc([N+](=O)[O-])ccc2o1. The van der Waals surface area contributed by atoms with Crippen molar-refractivity contribution < 1.29 is 9.34 Å². The fourth-order valence-electron chi connectivity index (χ4n) is 1.75. The number of nitro benzene ring substituents is 1. The third kappa shape index (κ3) is 2.64. The maximum Gasteiger partial charge on any atom is 0.270 e. The molecule has 0 bridgehead atoms. The molecule has 17 heavy (non-hydrogen) atoms. The molecule has 4 nitrogen and oxygen atoms in total. The molecule has 0 amide bonds. The lowest BCUT2D eigenvalue weighted by Gasteiger charge is -2.00. The second kappa shape index (κ2) is 4.57. The van der Waals surface area contributed by atoms with E-state index in [1.807, 2.05) is 6.07 Å². The summed E-state index contributed by atoms with van der Waals surface area (Å²) in [6.45, 7) is 4.32. The van der Waals surface area contributed by atoms with Crippen LogP contribution < -0.4 is 0 Å². The van der Waals surface area contributed by atoms with Crippen LogP contribution in [0, 0.1) is 16.0 Å². The quantitative estimate of drug-likeness (QED) is 0.593. The number of fused-ring (bicyclic) bond motifs is 1. The van der Waals surface area contributed by atoms with E-state index in [-0.39, 0.29) is 10.6 Å². The molecule has 0 aliphatic heterocycles. The first-order valence-electron chi connectivity index (χ1n) is 5.73. The predicted molar refractivity (Wildman–Crippen MR) is 66.0 cm³/mol. The number of benzene rings is 1. The van der Waals surface area contributed by atoms with Gasteiger partial charge in [-0.15, -0.1) is 0 Å². The summed E-state index contributed by atoms with van der Waals surface area (Å²) in [7, 11) is 0. The van der Waals surface area contributed by atoms with Crippen LogP contribution in [-0.2, 0) is 6.42 Å². The Bertz CT molecular complexity index is 543. The maximum absolute atomic E-state index is 10.6. The van der Waals surface area contributed by atoms with Gasteiger partial charge in [-0.2, -0.15) is 0 Å². The molecule has 0 atom stereocenters. The van der Waals surface area contributed by atoms with Gasteiger partial charge in [-0.05, 0) is 24.5 Å². The van der Waals surface area contributed by atoms with Gasteiger partial charge in [0.15, 0.2) is 0 Å². The molecule has 90 valence electrons. The minimum Gasteiger partial charge on any atom is -0.461 e. The monoisotopic (exact) mass is 233 g/mol. The second-order valence-corrected chi connectivity index (χ2v) is 4.62. The van der Waals surface area contributed by atoms with Gasteiger partial charge in [0, 0.05) is 23.9 Å². The number of non-ortho nitro benzene ring substituents is 1. The summed E-state index contributed by atoms with van der Waals surface area (Å²) < 4.78 is 5.63. The van der Waals surface area contributed by atoms with E-state index in [0.29, 0.717) is 11.5 Å². The molecule has 0 saturated carbocycles. The molecule has 0 unspecified atom stereocenters. The lowest BCUT2D eigenvalue weighted by atomic mass is 10.1. The van der Waals surface area contributed by atoms with Crippen molar-refractivity contribution in [1.82, 2.24) is 0 Å². The van der Waals surface area contributed by atoms with Crippen LogP contribution in [0.3, 0.4) is 0 Å². The van der Waals surface area contributed by atoms with E-state index < -0.39 is 0 Å². The van der Waals surface area contributed by atoms with Crippen LogP contribution >= 0.6 is 0 Å². The van der Waals surface area contributed by atoms with E-state index in [9.17, 15) is 10.1 Å². The van der Waals surface area contributed by atoms with E-state index >= 15 is 0 Å². The first-order chi connectivity index (χ1) is 8.06. The van der Waals surface area contributed by atoms with Crippen LogP contribution in [-0.4, -0.2) is 4.92 Å². The van der Waals surface area contributed by atoms with Gasteiger partial charge in [-0.3, -0.25) is 10.1 Å². The Kier molecular flexibility index (Phi) is 3.13. The van der Waals surface area contributed by atoms with Crippen LogP contribution in [0.2, 0.25) is 0 Å². The number of hydrogen-bond donors (Lipinski definition) is 0. The lowest BCUT2D eigenvalue weighted by molar-refractivity contribution is -0.384. The van der Waals surface area contributed by atoms with Crippen molar-refractivity contribution in [3.8, 4) is 0 Å². The average molecular weight is 233 g/mol. The van der Waals surface area contributed by atoms with Crippen molar-refractivity contribution in [2.75, 3.05) is 0 Å².